The molecule has 7 nitrogen and oxygen atoms in total. The lowest BCUT2D eigenvalue weighted by Gasteiger charge is -2.16. The molecule has 7 heteroatoms. The predicted molar refractivity (Wildman–Crippen MR) is 94.2 cm³/mol. The van der Waals surface area contributed by atoms with Crippen molar-refractivity contribution in [2.24, 2.45) is 0 Å². The van der Waals surface area contributed by atoms with Gasteiger partial charge < -0.3 is 10.6 Å². The molecule has 128 valence electrons. The summed E-state index contributed by atoms with van der Waals surface area (Å²) in [4.78, 5) is 29.9. The third-order valence-corrected chi connectivity index (χ3v) is 3.76. The van der Waals surface area contributed by atoms with Crippen LogP contribution in [0.15, 0.2) is 24.5 Å². The zero-order chi connectivity index (χ0) is 17.5. The maximum absolute atomic E-state index is 12.8. The van der Waals surface area contributed by atoms with Gasteiger partial charge in [0.05, 0.1) is 23.2 Å². The molecule has 0 spiro atoms. The maximum atomic E-state index is 12.8. The Morgan fingerprint density at radius 3 is 1.71 bits per heavy atom. The number of nitrogens with zero attached hydrogens (tertiary/aromatic N) is 4. The summed E-state index contributed by atoms with van der Waals surface area (Å²) in [6.45, 7) is 9.15. The van der Waals surface area contributed by atoms with E-state index in [0.717, 1.165) is 13.1 Å². The van der Waals surface area contributed by atoms with E-state index < -0.39 is 0 Å². The van der Waals surface area contributed by atoms with Gasteiger partial charge in [-0.05, 0) is 39.8 Å². The second kappa shape index (κ2) is 8.33. The van der Waals surface area contributed by atoms with Gasteiger partial charge in [0.15, 0.2) is 0 Å². The molecule has 2 atom stereocenters. The van der Waals surface area contributed by atoms with E-state index in [-0.39, 0.29) is 17.6 Å². The van der Waals surface area contributed by atoms with E-state index in [2.05, 4.69) is 30.6 Å². The summed E-state index contributed by atoms with van der Waals surface area (Å²) in [6.07, 6.45) is 3.34. The number of hydrogen-bond donors (Lipinski definition) is 2. The number of Topliss-reactive ketones (excluding diaryl/α,β-unsaturated/α-hetero) is 1. The highest BCUT2D eigenvalue weighted by Gasteiger charge is 2.25. The molecule has 2 aromatic rings. The van der Waals surface area contributed by atoms with Crippen molar-refractivity contribution in [1.29, 1.82) is 0 Å². The Kier molecular flexibility index (Phi) is 6.17. The lowest BCUT2D eigenvalue weighted by atomic mass is 9.90. The molecule has 24 heavy (non-hydrogen) atoms. The average molecular weight is 328 g/mol. The fourth-order valence-corrected chi connectivity index (χ4v) is 2.38. The second-order valence-electron chi connectivity index (χ2n) is 5.52. The van der Waals surface area contributed by atoms with Crippen molar-refractivity contribution < 1.29 is 4.79 Å². The molecule has 2 aromatic heterocycles. The smallest absolute Gasteiger partial charge is 0.222 e. The second-order valence-corrected chi connectivity index (χ2v) is 5.52. The van der Waals surface area contributed by atoms with E-state index in [4.69, 9.17) is 0 Å². The Labute approximate surface area is 142 Å². The fraction of sp³-hybridized carbons (Fsp3) is 0.471. The molecule has 0 radical (unpaired) electrons. The van der Waals surface area contributed by atoms with Gasteiger partial charge in [0.2, 0.25) is 11.9 Å². The van der Waals surface area contributed by atoms with Crippen molar-refractivity contribution >= 4 is 17.7 Å². The van der Waals surface area contributed by atoms with Gasteiger partial charge in [-0.25, -0.2) is 19.9 Å². The van der Waals surface area contributed by atoms with Crippen molar-refractivity contribution in [2.75, 3.05) is 23.7 Å². The third kappa shape index (κ3) is 4.24. The molecule has 0 aliphatic carbocycles. The van der Waals surface area contributed by atoms with Gasteiger partial charge in [-0.15, -0.1) is 0 Å². The van der Waals surface area contributed by atoms with Crippen LogP contribution in [0.25, 0.3) is 0 Å². The molecule has 0 bridgehead atoms. The number of hydrogen-bond acceptors (Lipinski definition) is 7. The molecular formula is C17H24N6O. The monoisotopic (exact) mass is 328 g/mol. The molecule has 0 amide bonds. The van der Waals surface area contributed by atoms with Crippen molar-refractivity contribution in [2.45, 2.75) is 39.5 Å². The topological polar surface area (TPSA) is 92.7 Å². The number of carbonyl (C=O) groups is 1. The minimum Gasteiger partial charge on any atom is -0.354 e. The normalized spacial score (nSPS) is 13.2. The number of ketones is 1. The first-order valence-corrected chi connectivity index (χ1v) is 8.24. The van der Waals surface area contributed by atoms with E-state index >= 15 is 0 Å². The van der Waals surface area contributed by atoms with Crippen LogP contribution in [0, 0.1) is 0 Å². The van der Waals surface area contributed by atoms with Crippen LogP contribution < -0.4 is 10.6 Å². The third-order valence-electron chi connectivity index (χ3n) is 3.76. The summed E-state index contributed by atoms with van der Waals surface area (Å²) in [5.74, 6) is 0.478. The Bertz CT molecular complexity index is 633. The SMILES string of the molecule is CCNc1nccc(C(C)C(=O)C(C)c2ccnc(NCC)n2)n1. The molecular weight excluding hydrogens is 304 g/mol. The van der Waals surface area contributed by atoms with Crippen LogP contribution in [-0.4, -0.2) is 38.8 Å². The molecule has 0 aliphatic heterocycles. The number of aromatic nitrogens is 4. The van der Waals surface area contributed by atoms with Crippen molar-refractivity contribution in [3.05, 3.63) is 35.9 Å². The molecule has 0 aromatic carbocycles. The van der Waals surface area contributed by atoms with Crippen molar-refractivity contribution in [3.8, 4) is 0 Å². The van der Waals surface area contributed by atoms with Gasteiger partial charge >= 0.3 is 0 Å². The Hall–Kier alpha value is -2.57. The van der Waals surface area contributed by atoms with Gasteiger partial charge in [-0.3, -0.25) is 4.79 Å². The predicted octanol–water partition coefficient (Wildman–Crippen LogP) is 2.61. The first-order chi connectivity index (χ1) is 11.6. The molecule has 0 saturated heterocycles. The molecule has 2 unspecified atom stereocenters. The summed E-state index contributed by atoms with van der Waals surface area (Å²) < 4.78 is 0. The van der Waals surface area contributed by atoms with E-state index in [1.54, 1.807) is 24.5 Å². The minimum absolute atomic E-state index is 0.0669. The quantitative estimate of drug-likeness (QED) is 0.769. The largest absolute Gasteiger partial charge is 0.354 e. The fourth-order valence-electron chi connectivity index (χ4n) is 2.38. The van der Waals surface area contributed by atoms with Crippen LogP contribution in [0.5, 0.6) is 0 Å². The van der Waals surface area contributed by atoms with Gasteiger partial charge in [-0.1, -0.05) is 0 Å². The van der Waals surface area contributed by atoms with Crippen molar-refractivity contribution in [1.82, 2.24) is 19.9 Å². The Balaban J connectivity index is 2.17. The lowest BCUT2D eigenvalue weighted by Crippen LogP contribution is -2.19. The number of nitrogens with one attached hydrogen (secondary N) is 2. The first-order valence-electron chi connectivity index (χ1n) is 8.24. The molecule has 0 fully saturated rings. The summed E-state index contributed by atoms with van der Waals surface area (Å²) in [7, 11) is 0. The molecule has 2 heterocycles. The van der Waals surface area contributed by atoms with E-state index in [9.17, 15) is 4.79 Å². The summed E-state index contributed by atoms with van der Waals surface area (Å²) >= 11 is 0. The van der Waals surface area contributed by atoms with Gasteiger partial charge in [0.1, 0.15) is 5.78 Å². The molecule has 2 N–H and O–H groups in total. The molecule has 0 saturated carbocycles. The highest BCUT2D eigenvalue weighted by Crippen LogP contribution is 2.24. The highest BCUT2D eigenvalue weighted by atomic mass is 16.1. The van der Waals surface area contributed by atoms with Gasteiger partial charge in [0.25, 0.3) is 0 Å². The van der Waals surface area contributed by atoms with Crippen molar-refractivity contribution in [3.63, 3.8) is 0 Å². The first kappa shape index (κ1) is 17.8. The standard InChI is InChI=1S/C17H24N6O/c1-5-18-16-20-9-7-13(22-16)11(3)15(24)12(4)14-8-10-21-17(23-14)19-6-2/h7-12H,5-6H2,1-4H3,(H,18,20,22)(H,19,21,23). The van der Waals surface area contributed by atoms with Crippen LogP contribution in [0.2, 0.25) is 0 Å². The minimum atomic E-state index is -0.335. The van der Waals surface area contributed by atoms with E-state index in [0.29, 0.717) is 23.3 Å². The summed E-state index contributed by atoms with van der Waals surface area (Å²) in [5, 5.41) is 6.12. The van der Waals surface area contributed by atoms with Crippen LogP contribution in [0.1, 0.15) is 50.9 Å². The van der Waals surface area contributed by atoms with E-state index in [1.165, 1.54) is 0 Å². The zero-order valence-corrected chi connectivity index (χ0v) is 14.6. The number of carbonyl (C=O) groups excluding carboxylic acids is 1. The molecule has 2 rings (SSSR count). The summed E-state index contributed by atoms with van der Waals surface area (Å²) in [5.41, 5.74) is 1.41. The van der Waals surface area contributed by atoms with Crippen LogP contribution in [-0.2, 0) is 4.79 Å². The van der Waals surface area contributed by atoms with E-state index in [1.807, 2.05) is 27.7 Å². The Morgan fingerprint density at radius 2 is 1.33 bits per heavy atom. The number of anilines is 2. The van der Waals surface area contributed by atoms with Crippen LogP contribution >= 0.6 is 0 Å². The summed E-state index contributed by atoms with van der Waals surface area (Å²) in [6, 6.07) is 3.56. The van der Waals surface area contributed by atoms with Gasteiger partial charge in [-0.2, -0.15) is 0 Å². The van der Waals surface area contributed by atoms with Crippen LogP contribution in [0.4, 0.5) is 11.9 Å². The van der Waals surface area contributed by atoms with Gasteiger partial charge in [0, 0.05) is 25.5 Å². The maximum Gasteiger partial charge on any atom is 0.222 e. The molecule has 0 aliphatic rings. The highest BCUT2D eigenvalue weighted by molar-refractivity contribution is 5.90. The number of rotatable bonds is 8. The van der Waals surface area contributed by atoms with Crippen LogP contribution in [0.3, 0.4) is 0 Å². The average Bonchev–Trinajstić information content (AvgIpc) is 2.61. The zero-order valence-electron chi connectivity index (χ0n) is 14.6. The Morgan fingerprint density at radius 1 is 0.917 bits per heavy atom. The lowest BCUT2D eigenvalue weighted by molar-refractivity contribution is -0.121.